The second kappa shape index (κ2) is 2.19. The number of hydrogen-bond donors (Lipinski definition) is 0. The summed E-state index contributed by atoms with van der Waals surface area (Å²) in [4.78, 5) is 0. The summed E-state index contributed by atoms with van der Waals surface area (Å²) in [5.74, 6) is 0. The average molecular weight is 138 g/mol. The molecule has 0 saturated carbocycles. The summed E-state index contributed by atoms with van der Waals surface area (Å²) in [6.45, 7) is 0.0888. The fourth-order valence-electron chi connectivity index (χ4n) is 0.818. The highest BCUT2D eigenvalue weighted by atomic mass is 19.3. The second-order valence-corrected chi connectivity index (χ2v) is 1.92. The molecular formula is C5H8F2O2. The van der Waals surface area contributed by atoms with Crippen molar-refractivity contribution in [3.05, 3.63) is 0 Å². The molecule has 0 aromatic carbocycles. The second-order valence-electron chi connectivity index (χ2n) is 1.92. The van der Waals surface area contributed by atoms with Gasteiger partial charge in [-0.25, -0.2) is 0 Å². The van der Waals surface area contributed by atoms with Crippen LogP contribution in [0.1, 0.15) is 6.42 Å². The molecule has 0 N–H and O–H groups in total. The Morgan fingerprint density at radius 2 is 2.33 bits per heavy atom. The molecule has 4 heteroatoms. The lowest BCUT2D eigenvalue weighted by molar-refractivity contribution is -0.251. The van der Waals surface area contributed by atoms with Gasteiger partial charge in [-0.05, 0) is 0 Å². The highest BCUT2D eigenvalue weighted by molar-refractivity contribution is 4.74. The predicted octanol–water partition coefficient (Wildman–Crippen LogP) is 1.01. The minimum Gasteiger partial charge on any atom is -0.372 e. The predicted molar refractivity (Wildman–Crippen MR) is 26.3 cm³/mol. The Balaban J connectivity index is 2.52. The van der Waals surface area contributed by atoms with Crippen molar-refractivity contribution in [2.45, 2.75) is 18.6 Å². The van der Waals surface area contributed by atoms with Crippen LogP contribution in [0.15, 0.2) is 0 Å². The molecule has 2 nitrogen and oxygen atoms in total. The SMILES string of the molecule is CO[C@H]1CCOC1(F)F. The molecule has 0 radical (unpaired) electrons. The van der Waals surface area contributed by atoms with Gasteiger partial charge >= 0.3 is 6.11 Å². The first-order chi connectivity index (χ1) is 4.17. The third kappa shape index (κ3) is 1.19. The van der Waals surface area contributed by atoms with Crippen LogP contribution in [-0.2, 0) is 9.47 Å². The zero-order valence-electron chi connectivity index (χ0n) is 5.06. The van der Waals surface area contributed by atoms with E-state index in [0.29, 0.717) is 0 Å². The molecule has 0 bridgehead atoms. The molecule has 0 aromatic heterocycles. The number of methoxy groups -OCH3 is 1. The van der Waals surface area contributed by atoms with Gasteiger partial charge in [0.05, 0.1) is 6.61 Å². The van der Waals surface area contributed by atoms with E-state index in [2.05, 4.69) is 9.47 Å². The third-order valence-corrected chi connectivity index (χ3v) is 1.33. The van der Waals surface area contributed by atoms with E-state index in [0.717, 1.165) is 0 Å². The van der Waals surface area contributed by atoms with Gasteiger partial charge in [-0.1, -0.05) is 0 Å². The topological polar surface area (TPSA) is 18.5 Å². The smallest absolute Gasteiger partial charge is 0.372 e. The Morgan fingerprint density at radius 3 is 2.56 bits per heavy atom. The van der Waals surface area contributed by atoms with Crippen molar-refractivity contribution in [3.63, 3.8) is 0 Å². The molecule has 0 spiro atoms. The highest BCUT2D eigenvalue weighted by Gasteiger charge is 2.45. The van der Waals surface area contributed by atoms with Gasteiger partial charge in [-0.15, -0.1) is 0 Å². The van der Waals surface area contributed by atoms with Gasteiger partial charge in [0.15, 0.2) is 6.10 Å². The van der Waals surface area contributed by atoms with E-state index in [1.54, 1.807) is 0 Å². The van der Waals surface area contributed by atoms with E-state index in [1.165, 1.54) is 7.11 Å². The van der Waals surface area contributed by atoms with Gasteiger partial charge in [0.1, 0.15) is 0 Å². The first-order valence-corrected chi connectivity index (χ1v) is 2.71. The van der Waals surface area contributed by atoms with Gasteiger partial charge in [-0.2, -0.15) is 8.78 Å². The fraction of sp³-hybridized carbons (Fsp3) is 1.00. The van der Waals surface area contributed by atoms with E-state index >= 15 is 0 Å². The molecule has 1 heterocycles. The normalized spacial score (nSPS) is 33.0. The number of rotatable bonds is 1. The van der Waals surface area contributed by atoms with Crippen molar-refractivity contribution in [3.8, 4) is 0 Å². The molecule has 1 atom stereocenters. The molecule has 0 aliphatic carbocycles. The van der Waals surface area contributed by atoms with Gasteiger partial charge in [0, 0.05) is 13.5 Å². The van der Waals surface area contributed by atoms with Crippen LogP contribution in [0, 0.1) is 0 Å². The quantitative estimate of drug-likeness (QED) is 0.538. The molecule has 0 amide bonds. The summed E-state index contributed by atoms with van der Waals surface area (Å²) < 4.78 is 33.1. The summed E-state index contributed by atoms with van der Waals surface area (Å²) in [6, 6.07) is 0. The first-order valence-electron chi connectivity index (χ1n) is 2.71. The van der Waals surface area contributed by atoms with Crippen LogP contribution in [0.25, 0.3) is 0 Å². The molecule has 1 saturated heterocycles. The van der Waals surface area contributed by atoms with Gasteiger partial charge in [-0.3, -0.25) is 0 Å². The van der Waals surface area contributed by atoms with Crippen molar-refractivity contribution in [1.82, 2.24) is 0 Å². The number of hydrogen-bond acceptors (Lipinski definition) is 2. The van der Waals surface area contributed by atoms with Crippen LogP contribution < -0.4 is 0 Å². The molecule has 54 valence electrons. The molecular weight excluding hydrogens is 130 g/mol. The number of ether oxygens (including phenoxy) is 2. The van der Waals surface area contributed by atoms with E-state index in [4.69, 9.17) is 0 Å². The summed E-state index contributed by atoms with van der Waals surface area (Å²) in [5.41, 5.74) is 0. The molecule has 1 aliphatic heterocycles. The minimum atomic E-state index is -3.06. The first kappa shape index (κ1) is 6.89. The van der Waals surface area contributed by atoms with Crippen molar-refractivity contribution in [1.29, 1.82) is 0 Å². The van der Waals surface area contributed by atoms with Crippen molar-refractivity contribution in [2.75, 3.05) is 13.7 Å². The lowest BCUT2D eigenvalue weighted by atomic mass is 10.3. The summed E-state index contributed by atoms with van der Waals surface area (Å²) in [5, 5.41) is 0. The molecule has 1 fully saturated rings. The zero-order chi connectivity index (χ0) is 6.91. The maximum Gasteiger partial charge on any atom is 0.381 e. The fourth-order valence-corrected chi connectivity index (χ4v) is 0.818. The van der Waals surface area contributed by atoms with Crippen LogP contribution in [0.4, 0.5) is 8.78 Å². The van der Waals surface area contributed by atoms with Crippen molar-refractivity contribution in [2.24, 2.45) is 0 Å². The number of halogens is 2. The molecule has 1 rings (SSSR count). The largest absolute Gasteiger partial charge is 0.381 e. The van der Waals surface area contributed by atoms with E-state index in [-0.39, 0.29) is 13.0 Å². The lowest BCUT2D eigenvalue weighted by Crippen LogP contribution is -2.30. The van der Waals surface area contributed by atoms with Crippen LogP contribution in [-0.4, -0.2) is 25.9 Å². The summed E-state index contributed by atoms with van der Waals surface area (Å²) >= 11 is 0. The van der Waals surface area contributed by atoms with E-state index < -0.39 is 12.2 Å². The maximum atomic E-state index is 12.3. The molecule has 0 aromatic rings. The Bertz CT molecular complexity index is 105. The standard InChI is InChI=1S/C5H8F2O2/c1-8-4-2-3-9-5(4,6)7/h4H,2-3H2,1H3/t4-/m0/s1. The van der Waals surface area contributed by atoms with Gasteiger partial charge in [0.2, 0.25) is 0 Å². The molecule has 9 heavy (non-hydrogen) atoms. The Kier molecular flexibility index (Phi) is 1.68. The molecule has 0 unspecified atom stereocenters. The third-order valence-electron chi connectivity index (χ3n) is 1.33. The van der Waals surface area contributed by atoms with Crippen molar-refractivity contribution >= 4 is 0 Å². The molecule has 1 aliphatic rings. The Morgan fingerprint density at radius 1 is 1.67 bits per heavy atom. The Hall–Kier alpha value is -0.220. The highest BCUT2D eigenvalue weighted by Crippen LogP contribution is 2.30. The van der Waals surface area contributed by atoms with Crippen LogP contribution in [0.5, 0.6) is 0 Å². The van der Waals surface area contributed by atoms with Gasteiger partial charge in [0.25, 0.3) is 0 Å². The van der Waals surface area contributed by atoms with Crippen LogP contribution >= 0.6 is 0 Å². The lowest BCUT2D eigenvalue weighted by Gasteiger charge is -2.14. The van der Waals surface area contributed by atoms with E-state index in [1.807, 2.05) is 0 Å². The van der Waals surface area contributed by atoms with Crippen LogP contribution in [0.2, 0.25) is 0 Å². The van der Waals surface area contributed by atoms with E-state index in [9.17, 15) is 8.78 Å². The monoisotopic (exact) mass is 138 g/mol. The minimum absolute atomic E-state index is 0.0888. The summed E-state index contributed by atoms with van der Waals surface area (Å²) in [7, 11) is 1.26. The average Bonchev–Trinajstić information content (AvgIpc) is 2.08. The maximum absolute atomic E-state index is 12.3. The van der Waals surface area contributed by atoms with Crippen molar-refractivity contribution < 1.29 is 18.3 Å². The Labute approximate surface area is 51.8 Å². The van der Waals surface area contributed by atoms with Gasteiger partial charge < -0.3 is 9.47 Å². The zero-order valence-corrected chi connectivity index (χ0v) is 5.06. The van der Waals surface area contributed by atoms with Crippen LogP contribution in [0.3, 0.4) is 0 Å². The summed E-state index contributed by atoms with van der Waals surface area (Å²) in [6.07, 6.45) is -3.82. The number of alkyl halides is 2.